The third-order valence-corrected chi connectivity index (χ3v) is 5.34. The van der Waals surface area contributed by atoms with Gasteiger partial charge in [-0.1, -0.05) is 13.0 Å². The van der Waals surface area contributed by atoms with Gasteiger partial charge in [-0.05, 0) is 49.9 Å². The molecule has 0 spiro atoms. The van der Waals surface area contributed by atoms with Crippen LogP contribution in [0.15, 0.2) is 18.6 Å². The van der Waals surface area contributed by atoms with Gasteiger partial charge in [-0.25, -0.2) is 13.4 Å². The molecule has 1 unspecified atom stereocenters. The number of hydrogen-bond acceptors (Lipinski definition) is 3. The van der Waals surface area contributed by atoms with Gasteiger partial charge < -0.3 is 4.98 Å². The molecule has 6 heteroatoms. The van der Waals surface area contributed by atoms with E-state index in [0.717, 1.165) is 27.9 Å². The van der Waals surface area contributed by atoms with E-state index in [9.17, 15) is 8.42 Å². The first-order chi connectivity index (χ1) is 10.3. The van der Waals surface area contributed by atoms with Crippen LogP contribution in [0.2, 0.25) is 0 Å². The van der Waals surface area contributed by atoms with Gasteiger partial charge in [-0.3, -0.25) is 4.72 Å². The van der Waals surface area contributed by atoms with Crippen LogP contribution in [0.4, 0.5) is 5.69 Å². The van der Waals surface area contributed by atoms with Crippen molar-refractivity contribution < 1.29 is 8.42 Å². The molecule has 0 saturated heterocycles. The number of aryl methyl sites for hydroxylation is 2. The molecular formula is C16H23N3O2S. The largest absolute Gasteiger partial charge is 0.351 e. The molecule has 120 valence electrons. The molecular weight excluding hydrogens is 298 g/mol. The van der Waals surface area contributed by atoms with Crippen molar-refractivity contribution in [3.63, 3.8) is 0 Å². The molecule has 1 atom stereocenters. The van der Waals surface area contributed by atoms with E-state index >= 15 is 0 Å². The van der Waals surface area contributed by atoms with Gasteiger partial charge in [0.1, 0.15) is 0 Å². The Labute approximate surface area is 132 Å². The molecule has 0 aliphatic rings. The molecule has 5 nitrogen and oxygen atoms in total. The van der Waals surface area contributed by atoms with E-state index in [4.69, 9.17) is 0 Å². The third kappa shape index (κ3) is 3.16. The highest BCUT2D eigenvalue weighted by Crippen LogP contribution is 2.34. The van der Waals surface area contributed by atoms with Crippen LogP contribution in [0.5, 0.6) is 0 Å². The molecule has 0 bridgehead atoms. The molecule has 1 heterocycles. The van der Waals surface area contributed by atoms with Gasteiger partial charge in [0.05, 0.1) is 23.5 Å². The van der Waals surface area contributed by atoms with Crippen LogP contribution in [-0.2, 0) is 10.0 Å². The summed E-state index contributed by atoms with van der Waals surface area (Å²) in [6, 6.07) is 2.03. The van der Waals surface area contributed by atoms with Crippen molar-refractivity contribution in [2.75, 3.05) is 10.5 Å². The Kier molecular flexibility index (Phi) is 4.60. The van der Waals surface area contributed by atoms with Crippen molar-refractivity contribution in [1.29, 1.82) is 0 Å². The van der Waals surface area contributed by atoms with Gasteiger partial charge in [-0.15, -0.1) is 0 Å². The Morgan fingerprint density at radius 3 is 2.50 bits per heavy atom. The summed E-state index contributed by atoms with van der Waals surface area (Å²) in [5, 5.41) is 0. The molecule has 0 fully saturated rings. The number of imidazole rings is 1. The van der Waals surface area contributed by atoms with Crippen molar-refractivity contribution in [3.8, 4) is 0 Å². The van der Waals surface area contributed by atoms with E-state index in [-0.39, 0.29) is 11.7 Å². The maximum absolute atomic E-state index is 11.9. The predicted octanol–water partition coefficient (Wildman–Crippen LogP) is 3.25. The number of H-pyrrole nitrogens is 1. The zero-order chi connectivity index (χ0) is 16.5. The fourth-order valence-electron chi connectivity index (χ4n) is 2.91. The number of aromatic nitrogens is 2. The summed E-state index contributed by atoms with van der Waals surface area (Å²) in [4.78, 5) is 7.29. The lowest BCUT2D eigenvalue weighted by Crippen LogP contribution is -2.17. The van der Waals surface area contributed by atoms with Crippen LogP contribution in [0.3, 0.4) is 0 Å². The molecule has 0 aliphatic heterocycles. The maximum atomic E-state index is 11.9. The van der Waals surface area contributed by atoms with Crippen molar-refractivity contribution in [1.82, 2.24) is 9.97 Å². The number of aromatic amines is 1. The van der Waals surface area contributed by atoms with Gasteiger partial charge in [-0.2, -0.15) is 0 Å². The zero-order valence-corrected chi connectivity index (χ0v) is 14.5. The van der Waals surface area contributed by atoms with E-state index < -0.39 is 10.0 Å². The Hall–Kier alpha value is -1.82. The first-order valence-corrected chi connectivity index (χ1v) is 9.02. The highest BCUT2D eigenvalue weighted by atomic mass is 32.2. The van der Waals surface area contributed by atoms with Gasteiger partial charge in [0, 0.05) is 12.1 Å². The lowest BCUT2D eigenvalue weighted by Gasteiger charge is -2.21. The second-order valence-corrected chi connectivity index (χ2v) is 7.66. The van der Waals surface area contributed by atoms with Crippen molar-refractivity contribution in [2.24, 2.45) is 0 Å². The number of hydrogen-bond donors (Lipinski definition) is 2. The number of benzene rings is 1. The fourth-order valence-corrected chi connectivity index (χ4v) is 3.68. The third-order valence-electron chi connectivity index (χ3n) is 4.06. The Morgan fingerprint density at radius 2 is 1.95 bits per heavy atom. The average Bonchev–Trinajstić information content (AvgIpc) is 2.97. The maximum Gasteiger partial charge on any atom is 0.232 e. The van der Waals surface area contributed by atoms with Crippen LogP contribution >= 0.6 is 0 Å². The molecule has 0 aliphatic carbocycles. The monoisotopic (exact) mass is 321 g/mol. The molecule has 1 aromatic carbocycles. The summed E-state index contributed by atoms with van der Waals surface area (Å²) < 4.78 is 26.6. The van der Waals surface area contributed by atoms with E-state index in [1.54, 1.807) is 13.3 Å². The fraction of sp³-hybridized carbons (Fsp3) is 0.438. The minimum atomic E-state index is -3.30. The summed E-state index contributed by atoms with van der Waals surface area (Å²) in [7, 11) is -3.30. The van der Waals surface area contributed by atoms with Gasteiger partial charge in [0.25, 0.3) is 0 Å². The SMILES string of the molecule is CCS(=O)(=O)Nc1c(C)cc(C)c(C(C)c2c[nH]cn2)c1C. The van der Waals surface area contributed by atoms with E-state index in [1.807, 2.05) is 26.1 Å². The highest BCUT2D eigenvalue weighted by Gasteiger charge is 2.20. The normalized spacial score (nSPS) is 13.1. The number of anilines is 1. The van der Waals surface area contributed by atoms with Crippen molar-refractivity contribution >= 4 is 15.7 Å². The Balaban J connectivity index is 2.56. The highest BCUT2D eigenvalue weighted by molar-refractivity contribution is 7.92. The predicted molar refractivity (Wildman–Crippen MR) is 89.8 cm³/mol. The molecule has 0 saturated carbocycles. The summed E-state index contributed by atoms with van der Waals surface area (Å²) in [5.74, 6) is 0.154. The first-order valence-electron chi connectivity index (χ1n) is 7.36. The quantitative estimate of drug-likeness (QED) is 0.887. The zero-order valence-electron chi connectivity index (χ0n) is 13.7. The standard InChI is InChI=1S/C16H23N3O2S/c1-6-22(20,21)19-16-11(3)7-10(2)15(13(16)5)12(4)14-8-17-9-18-14/h7-9,12,19H,6H2,1-5H3,(H,17,18). The number of rotatable bonds is 5. The molecule has 2 N–H and O–H groups in total. The molecule has 0 radical (unpaired) electrons. The van der Waals surface area contributed by atoms with Crippen LogP contribution in [0.25, 0.3) is 0 Å². The van der Waals surface area contributed by atoms with E-state index in [1.165, 1.54) is 0 Å². The summed E-state index contributed by atoms with van der Waals surface area (Å²) in [6.45, 7) is 9.66. The van der Waals surface area contributed by atoms with Crippen molar-refractivity contribution in [2.45, 2.75) is 40.5 Å². The first kappa shape index (κ1) is 16.5. The van der Waals surface area contributed by atoms with Gasteiger partial charge >= 0.3 is 0 Å². The summed E-state index contributed by atoms with van der Waals surface area (Å²) in [5.41, 5.74) is 5.79. The lowest BCUT2D eigenvalue weighted by molar-refractivity contribution is 0.602. The topological polar surface area (TPSA) is 74.8 Å². The van der Waals surface area contributed by atoms with Crippen LogP contribution < -0.4 is 4.72 Å². The number of nitrogens with one attached hydrogen (secondary N) is 2. The average molecular weight is 321 g/mol. The molecule has 22 heavy (non-hydrogen) atoms. The summed E-state index contributed by atoms with van der Waals surface area (Å²) >= 11 is 0. The summed E-state index contributed by atoms with van der Waals surface area (Å²) in [6.07, 6.45) is 3.53. The van der Waals surface area contributed by atoms with E-state index in [2.05, 4.69) is 28.5 Å². The minimum absolute atomic E-state index is 0.0595. The van der Waals surface area contributed by atoms with Crippen LogP contribution in [-0.4, -0.2) is 24.1 Å². The van der Waals surface area contributed by atoms with Crippen molar-refractivity contribution in [3.05, 3.63) is 46.5 Å². The molecule has 2 aromatic rings. The Morgan fingerprint density at radius 1 is 1.27 bits per heavy atom. The van der Waals surface area contributed by atoms with Crippen LogP contribution in [0.1, 0.15) is 47.7 Å². The number of nitrogens with zero attached hydrogens (tertiary/aromatic N) is 1. The van der Waals surface area contributed by atoms with Gasteiger partial charge in [0.15, 0.2) is 0 Å². The number of sulfonamides is 1. The molecule has 1 aromatic heterocycles. The smallest absolute Gasteiger partial charge is 0.232 e. The lowest BCUT2D eigenvalue weighted by atomic mass is 9.87. The molecule has 2 rings (SSSR count). The van der Waals surface area contributed by atoms with Gasteiger partial charge in [0.2, 0.25) is 10.0 Å². The van der Waals surface area contributed by atoms with Crippen LogP contribution in [0, 0.1) is 20.8 Å². The minimum Gasteiger partial charge on any atom is -0.351 e. The molecule has 0 amide bonds. The second-order valence-electron chi connectivity index (χ2n) is 5.65. The van der Waals surface area contributed by atoms with E-state index in [0.29, 0.717) is 5.69 Å². The Bertz CT molecular complexity index is 765. The second kappa shape index (κ2) is 6.12.